The molecule has 49 heavy (non-hydrogen) atoms. The monoisotopic (exact) mass is 645 g/mol. The molecule has 0 fully saturated rings. The van der Waals surface area contributed by atoms with Gasteiger partial charge in [0.05, 0.1) is 40.8 Å². The molecular weight excluding hydrogens is 610 g/mol. The van der Waals surface area contributed by atoms with Crippen LogP contribution < -0.4 is 21.3 Å². The molecule has 2 aliphatic heterocycles. The summed E-state index contributed by atoms with van der Waals surface area (Å²) in [5.74, 6) is -0.0738. The highest BCUT2D eigenvalue weighted by Gasteiger charge is 2.27. The molecule has 4 aromatic carbocycles. The molecule has 2 aromatic heterocycles. The third kappa shape index (κ3) is 6.38. The Balaban J connectivity index is 1.02. The number of benzene rings is 4. The maximum atomic E-state index is 13.1. The lowest BCUT2D eigenvalue weighted by Gasteiger charge is -2.23. The predicted molar refractivity (Wildman–Crippen MR) is 195 cm³/mol. The Morgan fingerprint density at radius 1 is 0.592 bits per heavy atom. The Bertz CT molecular complexity index is 2130. The summed E-state index contributed by atoms with van der Waals surface area (Å²) >= 11 is 0. The molecule has 4 heterocycles. The van der Waals surface area contributed by atoms with Crippen LogP contribution in [0.2, 0.25) is 0 Å². The van der Waals surface area contributed by atoms with Crippen molar-refractivity contribution in [2.45, 2.75) is 37.8 Å². The number of nitrogens with zero attached hydrogens (tertiary/aromatic N) is 3. The molecule has 6 aromatic rings. The first kappa shape index (κ1) is 30.1. The highest BCUT2D eigenvalue weighted by Crippen LogP contribution is 2.40. The second-order valence-electron chi connectivity index (χ2n) is 12.5. The van der Waals surface area contributed by atoms with Crippen LogP contribution in [0, 0.1) is 0 Å². The molecule has 0 saturated heterocycles. The van der Waals surface area contributed by atoms with Crippen LogP contribution in [-0.4, -0.2) is 38.7 Å². The molecule has 9 nitrogen and oxygen atoms in total. The van der Waals surface area contributed by atoms with E-state index in [-0.39, 0.29) is 23.9 Å². The zero-order valence-electron chi connectivity index (χ0n) is 26.8. The minimum atomic E-state index is -0.135. The molecule has 0 aliphatic carbocycles. The number of carbonyl (C=O) groups is 2. The third-order valence-corrected chi connectivity index (χ3v) is 9.21. The molecule has 242 valence electrons. The van der Waals surface area contributed by atoms with E-state index in [2.05, 4.69) is 73.8 Å². The van der Waals surface area contributed by atoms with E-state index in [0.29, 0.717) is 25.7 Å². The Morgan fingerprint density at radius 3 is 1.80 bits per heavy atom. The van der Waals surface area contributed by atoms with Gasteiger partial charge < -0.3 is 21.3 Å². The van der Waals surface area contributed by atoms with Crippen LogP contribution in [0.15, 0.2) is 128 Å². The summed E-state index contributed by atoms with van der Waals surface area (Å²) in [4.78, 5) is 30.4. The Kier molecular flexibility index (Phi) is 8.07. The Labute approximate surface area is 284 Å². The highest BCUT2D eigenvalue weighted by molar-refractivity contribution is 6.01. The lowest BCUT2D eigenvalue weighted by Crippen LogP contribution is -2.28. The average molecular weight is 646 g/mol. The van der Waals surface area contributed by atoms with Crippen molar-refractivity contribution in [2.75, 3.05) is 21.3 Å². The van der Waals surface area contributed by atoms with Crippen LogP contribution in [-0.2, 0) is 9.59 Å². The zero-order chi connectivity index (χ0) is 33.2. The minimum absolute atomic E-state index is 0.0299. The van der Waals surface area contributed by atoms with Gasteiger partial charge in [-0.2, -0.15) is 5.10 Å². The van der Waals surface area contributed by atoms with Gasteiger partial charge in [0.2, 0.25) is 11.8 Å². The minimum Gasteiger partial charge on any atom is -0.380 e. The summed E-state index contributed by atoms with van der Waals surface area (Å²) in [5.41, 5.74) is 10.4. The summed E-state index contributed by atoms with van der Waals surface area (Å²) in [6.45, 7) is 0. The molecule has 8 rings (SSSR count). The van der Waals surface area contributed by atoms with Crippen molar-refractivity contribution >= 4 is 34.6 Å². The maximum Gasteiger partial charge on any atom is 0.226 e. The van der Waals surface area contributed by atoms with Crippen molar-refractivity contribution in [3.63, 3.8) is 0 Å². The van der Waals surface area contributed by atoms with Gasteiger partial charge in [0.15, 0.2) is 0 Å². The van der Waals surface area contributed by atoms with Gasteiger partial charge >= 0.3 is 0 Å². The summed E-state index contributed by atoms with van der Waals surface area (Å²) in [7, 11) is 0. The zero-order valence-corrected chi connectivity index (χ0v) is 26.8. The molecule has 0 saturated carbocycles. The van der Waals surface area contributed by atoms with Crippen LogP contribution in [0.3, 0.4) is 0 Å². The van der Waals surface area contributed by atoms with Crippen molar-refractivity contribution in [3.05, 3.63) is 128 Å². The van der Waals surface area contributed by atoms with E-state index in [0.717, 1.165) is 56.3 Å². The second-order valence-corrected chi connectivity index (χ2v) is 12.5. The number of hydrogen-bond donors (Lipinski definition) is 4. The molecule has 2 amide bonds. The standard InChI is InChI=1S/C40H35N7O2/c48-37-21-30(43-39-33(10-4-12-35(39)45-37)28-16-14-27(15-17-28)26-7-2-1-3-8-26)18-19-31-22-38(49)46-36-13-5-11-34(40(36)44-31)29-23-42-47(25-29)32-9-6-20-41-24-32/h1-17,20,23-25,30-31,43-44H,18-19,21-22H2,(H,45,48)(H,46,49)/t30-,31-/m1/s1. The van der Waals surface area contributed by atoms with Crippen molar-refractivity contribution in [1.82, 2.24) is 14.8 Å². The van der Waals surface area contributed by atoms with Crippen molar-refractivity contribution in [3.8, 4) is 39.1 Å². The number of rotatable bonds is 7. The average Bonchev–Trinajstić information content (AvgIpc) is 3.48. The van der Waals surface area contributed by atoms with Gasteiger partial charge in [0, 0.05) is 54.0 Å². The number of carbonyl (C=O) groups excluding carboxylic acids is 2. The van der Waals surface area contributed by atoms with E-state index < -0.39 is 0 Å². The van der Waals surface area contributed by atoms with Crippen LogP contribution in [0.4, 0.5) is 22.7 Å². The van der Waals surface area contributed by atoms with E-state index in [4.69, 9.17) is 0 Å². The van der Waals surface area contributed by atoms with E-state index in [1.807, 2.05) is 73.1 Å². The largest absolute Gasteiger partial charge is 0.380 e. The molecule has 2 aliphatic rings. The fraction of sp³-hybridized carbons (Fsp3) is 0.150. The number of para-hydroxylation sites is 2. The number of pyridine rings is 1. The first-order valence-electron chi connectivity index (χ1n) is 16.6. The number of fused-ring (bicyclic) bond motifs is 2. The summed E-state index contributed by atoms with van der Waals surface area (Å²) in [5, 5.41) is 18.2. The normalized spacial score (nSPS) is 16.9. The first-order chi connectivity index (χ1) is 24.1. The third-order valence-electron chi connectivity index (χ3n) is 9.21. The summed E-state index contributed by atoms with van der Waals surface area (Å²) < 4.78 is 1.79. The first-order valence-corrected chi connectivity index (χ1v) is 16.6. The molecule has 0 bridgehead atoms. The Hall–Kier alpha value is -6.22. The van der Waals surface area contributed by atoms with Crippen molar-refractivity contribution in [2.24, 2.45) is 0 Å². The summed E-state index contributed by atoms with van der Waals surface area (Å²) in [6.07, 6.45) is 9.31. The van der Waals surface area contributed by atoms with Gasteiger partial charge in [-0.1, -0.05) is 78.9 Å². The molecule has 4 N–H and O–H groups in total. The van der Waals surface area contributed by atoms with E-state index in [1.165, 1.54) is 5.56 Å². The molecule has 0 unspecified atom stereocenters. The topological polar surface area (TPSA) is 113 Å². The van der Waals surface area contributed by atoms with Gasteiger partial charge in [-0.05, 0) is 53.8 Å². The quantitative estimate of drug-likeness (QED) is 0.140. The number of nitrogens with one attached hydrogen (secondary N) is 4. The summed E-state index contributed by atoms with van der Waals surface area (Å²) in [6, 6.07) is 34.3. The second kappa shape index (κ2) is 13.1. The fourth-order valence-electron chi connectivity index (χ4n) is 6.78. The van der Waals surface area contributed by atoms with Crippen LogP contribution >= 0.6 is 0 Å². The number of aromatic nitrogens is 3. The Morgan fingerprint density at radius 2 is 1.18 bits per heavy atom. The van der Waals surface area contributed by atoms with Crippen LogP contribution in [0.1, 0.15) is 25.7 Å². The van der Waals surface area contributed by atoms with Crippen molar-refractivity contribution in [1.29, 1.82) is 0 Å². The molecule has 2 atom stereocenters. The molecule has 0 spiro atoms. The fourth-order valence-corrected chi connectivity index (χ4v) is 6.78. The van der Waals surface area contributed by atoms with Crippen LogP contribution in [0.25, 0.3) is 39.1 Å². The number of hydrogen-bond acceptors (Lipinski definition) is 6. The smallest absolute Gasteiger partial charge is 0.226 e. The van der Waals surface area contributed by atoms with Gasteiger partial charge in [0.1, 0.15) is 0 Å². The van der Waals surface area contributed by atoms with Crippen LogP contribution in [0.5, 0.6) is 0 Å². The molecule has 9 heteroatoms. The van der Waals surface area contributed by atoms with Gasteiger partial charge in [-0.3, -0.25) is 14.6 Å². The maximum absolute atomic E-state index is 13.1. The SMILES string of the molecule is O=C1C[C@@H](CC[C@@H]2CC(=O)Nc3cccc(-c4cnn(-c5cccnc5)c4)c3N2)Nc2c(cccc2-c2ccc(-c3ccccc3)cc2)N1. The van der Waals surface area contributed by atoms with E-state index in [9.17, 15) is 9.59 Å². The number of amides is 2. The van der Waals surface area contributed by atoms with Gasteiger partial charge in [-0.25, -0.2) is 4.68 Å². The number of anilines is 4. The van der Waals surface area contributed by atoms with Gasteiger partial charge in [-0.15, -0.1) is 0 Å². The van der Waals surface area contributed by atoms with E-state index in [1.54, 1.807) is 17.1 Å². The lowest BCUT2D eigenvalue weighted by molar-refractivity contribution is -0.117. The predicted octanol–water partition coefficient (Wildman–Crippen LogP) is 7.99. The molecular formula is C40H35N7O2. The molecule has 0 radical (unpaired) electrons. The van der Waals surface area contributed by atoms with Gasteiger partial charge in [0.25, 0.3) is 0 Å². The van der Waals surface area contributed by atoms with Crippen molar-refractivity contribution < 1.29 is 9.59 Å². The highest BCUT2D eigenvalue weighted by atomic mass is 16.2. The van der Waals surface area contributed by atoms with E-state index >= 15 is 0 Å². The lowest BCUT2D eigenvalue weighted by atomic mass is 9.97.